The van der Waals surface area contributed by atoms with Crippen LogP contribution in [0.1, 0.15) is 17.3 Å². The quantitative estimate of drug-likeness (QED) is 0.450. The number of hydrogen-bond donors (Lipinski definition) is 2. The minimum absolute atomic E-state index is 0.0267. The van der Waals surface area contributed by atoms with E-state index in [0.29, 0.717) is 17.0 Å². The summed E-state index contributed by atoms with van der Waals surface area (Å²) in [6, 6.07) is 5.32. The van der Waals surface area contributed by atoms with E-state index in [0.717, 1.165) is 4.90 Å². The summed E-state index contributed by atoms with van der Waals surface area (Å²) >= 11 is 1.51. The summed E-state index contributed by atoms with van der Waals surface area (Å²) in [6.45, 7) is 1.63. The van der Waals surface area contributed by atoms with Crippen molar-refractivity contribution in [1.29, 1.82) is 0 Å². The molecule has 0 aliphatic carbocycles. The third-order valence-corrected chi connectivity index (χ3v) is 2.74. The highest BCUT2D eigenvalue weighted by Crippen LogP contribution is 2.23. The second kappa shape index (κ2) is 5.02. The van der Waals surface area contributed by atoms with Crippen molar-refractivity contribution in [2.75, 3.05) is 18.1 Å². The van der Waals surface area contributed by atoms with Crippen LogP contribution in [0.4, 0.5) is 5.69 Å². The standard InChI is InChI=1S/C10H13NO2S/c1-7(13)9-3-2-8(6-10(9)11)14-5-4-12/h2-3,6,12H,4-5,11H2,1H3. The van der Waals surface area contributed by atoms with E-state index in [1.165, 1.54) is 18.7 Å². The van der Waals surface area contributed by atoms with Gasteiger partial charge in [-0.05, 0) is 25.1 Å². The molecule has 0 bridgehead atoms. The van der Waals surface area contributed by atoms with Crippen LogP contribution in [-0.4, -0.2) is 23.2 Å². The average molecular weight is 211 g/mol. The minimum atomic E-state index is -0.0267. The highest BCUT2D eigenvalue weighted by molar-refractivity contribution is 7.99. The highest BCUT2D eigenvalue weighted by Gasteiger charge is 2.04. The van der Waals surface area contributed by atoms with Gasteiger partial charge in [0.05, 0.1) is 6.61 Å². The van der Waals surface area contributed by atoms with Crippen LogP contribution in [-0.2, 0) is 0 Å². The number of benzene rings is 1. The van der Waals surface area contributed by atoms with Crippen LogP contribution < -0.4 is 5.73 Å². The van der Waals surface area contributed by atoms with Crippen LogP contribution in [0.25, 0.3) is 0 Å². The van der Waals surface area contributed by atoms with Gasteiger partial charge in [-0.25, -0.2) is 0 Å². The second-order valence-electron chi connectivity index (χ2n) is 2.88. The van der Waals surface area contributed by atoms with E-state index in [-0.39, 0.29) is 12.4 Å². The van der Waals surface area contributed by atoms with E-state index >= 15 is 0 Å². The zero-order valence-electron chi connectivity index (χ0n) is 7.99. The molecule has 3 nitrogen and oxygen atoms in total. The van der Waals surface area contributed by atoms with Crippen LogP contribution in [0.5, 0.6) is 0 Å². The largest absolute Gasteiger partial charge is 0.398 e. The van der Waals surface area contributed by atoms with Gasteiger partial charge < -0.3 is 10.8 Å². The first-order valence-corrected chi connectivity index (χ1v) is 5.28. The van der Waals surface area contributed by atoms with Crippen molar-refractivity contribution in [3.05, 3.63) is 23.8 Å². The molecule has 0 aromatic heterocycles. The first-order chi connectivity index (χ1) is 6.65. The van der Waals surface area contributed by atoms with Gasteiger partial charge in [0.1, 0.15) is 0 Å². The molecular formula is C10H13NO2S. The fourth-order valence-corrected chi connectivity index (χ4v) is 1.82. The molecule has 0 radical (unpaired) electrons. The van der Waals surface area contributed by atoms with Crippen LogP contribution >= 0.6 is 11.8 Å². The number of carbonyl (C=O) groups excluding carboxylic acids is 1. The highest BCUT2D eigenvalue weighted by atomic mass is 32.2. The first-order valence-electron chi connectivity index (χ1n) is 4.29. The maximum atomic E-state index is 11.1. The Morgan fingerprint density at radius 2 is 2.29 bits per heavy atom. The number of nitrogens with two attached hydrogens (primary N) is 1. The third-order valence-electron chi connectivity index (χ3n) is 1.76. The van der Waals surface area contributed by atoms with Crippen molar-refractivity contribution in [2.45, 2.75) is 11.8 Å². The smallest absolute Gasteiger partial charge is 0.161 e. The molecule has 0 fully saturated rings. The fourth-order valence-electron chi connectivity index (χ4n) is 1.11. The Morgan fingerprint density at radius 3 is 2.79 bits per heavy atom. The Morgan fingerprint density at radius 1 is 1.57 bits per heavy atom. The molecule has 0 unspecified atom stereocenters. The molecule has 0 atom stereocenters. The number of Topliss-reactive ketones (excluding diaryl/α,β-unsaturated/α-hetero) is 1. The first kappa shape index (κ1) is 11.1. The summed E-state index contributed by atoms with van der Waals surface area (Å²) in [7, 11) is 0. The predicted octanol–water partition coefficient (Wildman–Crippen LogP) is 1.56. The number of anilines is 1. The van der Waals surface area contributed by atoms with E-state index in [9.17, 15) is 4.79 Å². The van der Waals surface area contributed by atoms with Crippen LogP contribution in [0, 0.1) is 0 Å². The SMILES string of the molecule is CC(=O)c1ccc(SCCO)cc1N. The topological polar surface area (TPSA) is 63.3 Å². The molecule has 76 valence electrons. The number of thioether (sulfide) groups is 1. The predicted molar refractivity (Wildman–Crippen MR) is 58.7 cm³/mol. The normalized spacial score (nSPS) is 10.1. The number of rotatable bonds is 4. The summed E-state index contributed by atoms with van der Waals surface area (Å²) in [5.41, 5.74) is 6.75. The third kappa shape index (κ3) is 2.75. The van der Waals surface area contributed by atoms with E-state index in [2.05, 4.69) is 0 Å². The molecule has 0 aliphatic heterocycles. The number of aliphatic hydroxyl groups excluding tert-OH is 1. The van der Waals surface area contributed by atoms with Gasteiger partial charge in [-0.1, -0.05) is 0 Å². The van der Waals surface area contributed by atoms with Gasteiger partial charge in [-0.15, -0.1) is 11.8 Å². The van der Waals surface area contributed by atoms with E-state index in [4.69, 9.17) is 10.8 Å². The lowest BCUT2D eigenvalue weighted by Gasteiger charge is -2.04. The minimum Gasteiger partial charge on any atom is -0.398 e. The van der Waals surface area contributed by atoms with Gasteiger partial charge in [0.15, 0.2) is 5.78 Å². The molecule has 4 heteroatoms. The summed E-state index contributed by atoms with van der Waals surface area (Å²) in [6.07, 6.45) is 0. The van der Waals surface area contributed by atoms with Crippen molar-refractivity contribution in [1.82, 2.24) is 0 Å². The molecule has 0 saturated heterocycles. The molecule has 1 aromatic carbocycles. The van der Waals surface area contributed by atoms with E-state index in [1.807, 2.05) is 6.07 Å². The van der Waals surface area contributed by atoms with Crippen molar-refractivity contribution < 1.29 is 9.90 Å². The zero-order chi connectivity index (χ0) is 10.6. The van der Waals surface area contributed by atoms with Crippen molar-refractivity contribution in [2.24, 2.45) is 0 Å². The summed E-state index contributed by atoms with van der Waals surface area (Å²) in [5, 5.41) is 8.63. The number of hydrogen-bond acceptors (Lipinski definition) is 4. The van der Waals surface area contributed by atoms with Gasteiger partial charge in [-0.2, -0.15) is 0 Å². The monoisotopic (exact) mass is 211 g/mol. The van der Waals surface area contributed by atoms with Crippen LogP contribution in [0.2, 0.25) is 0 Å². The summed E-state index contributed by atoms with van der Waals surface area (Å²) in [5.74, 6) is 0.611. The number of ketones is 1. The number of aliphatic hydroxyl groups is 1. The average Bonchev–Trinajstić information content (AvgIpc) is 2.14. The Hall–Kier alpha value is -1.00. The Balaban J connectivity index is 2.83. The maximum Gasteiger partial charge on any atom is 0.161 e. The zero-order valence-corrected chi connectivity index (χ0v) is 8.80. The van der Waals surface area contributed by atoms with Crippen molar-refractivity contribution in [3.63, 3.8) is 0 Å². The van der Waals surface area contributed by atoms with E-state index < -0.39 is 0 Å². The van der Waals surface area contributed by atoms with Crippen molar-refractivity contribution >= 4 is 23.2 Å². The van der Waals surface area contributed by atoms with Crippen LogP contribution in [0.15, 0.2) is 23.1 Å². The van der Waals surface area contributed by atoms with Gasteiger partial charge in [-0.3, -0.25) is 4.79 Å². The summed E-state index contributed by atoms with van der Waals surface area (Å²) in [4.78, 5) is 12.0. The molecule has 3 N–H and O–H groups in total. The van der Waals surface area contributed by atoms with Crippen molar-refractivity contribution in [3.8, 4) is 0 Å². The lowest BCUT2D eigenvalue weighted by atomic mass is 10.1. The maximum absolute atomic E-state index is 11.1. The molecule has 1 aromatic rings. The van der Waals surface area contributed by atoms with Gasteiger partial charge in [0.25, 0.3) is 0 Å². The van der Waals surface area contributed by atoms with E-state index in [1.54, 1.807) is 12.1 Å². The number of carbonyl (C=O) groups is 1. The fraction of sp³-hybridized carbons (Fsp3) is 0.300. The molecule has 0 saturated carbocycles. The molecular weight excluding hydrogens is 198 g/mol. The van der Waals surface area contributed by atoms with Crippen LogP contribution in [0.3, 0.4) is 0 Å². The molecule has 0 amide bonds. The molecule has 0 aliphatic rings. The molecule has 0 heterocycles. The lowest BCUT2D eigenvalue weighted by molar-refractivity contribution is 0.101. The Labute approximate surface area is 87.3 Å². The molecule has 14 heavy (non-hydrogen) atoms. The Bertz CT molecular complexity index is 339. The van der Waals surface area contributed by atoms with Gasteiger partial charge in [0.2, 0.25) is 0 Å². The lowest BCUT2D eigenvalue weighted by Crippen LogP contribution is -1.99. The molecule has 1 rings (SSSR count). The molecule has 0 spiro atoms. The summed E-state index contributed by atoms with van der Waals surface area (Å²) < 4.78 is 0. The van der Waals surface area contributed by atoms with Gasteiger partial charge in [0, 0.05) is 21.9 Å². The van der Waals surface area contributed by atoms with Gasteiger partial charge >= 0.3 is 0 Å². The number of nitrogen functional groups attached to an aromatic ring is 1. The Kier molecular flexibility index (Phi) is 3.98. The second-order valence-corrected chi connectivity index (χ2v) is 4.05.